The van der Waals surface area contributed by atoms with Gasteiger partial charge in [0.25, 0.3) is 0 Å². The van der Waals surface area contributed by atoms with E-state index in [9.17, 15) is 9.59 Å². The lowest BCUT2D eigenvalue weighted by atomic mass is 10.1. The van der Waals surface area contributed by atoms with Gasteiger partial charge in [-0.2, -0.15) is 0 Å². The van der Waals surface area contributed by atoms with Crippen molar-refractivity contribution in [3.05, 3.63) is 29.8 Å². The van der Waals surface area contributed by atoms with E-state index in [0.29, 0.717) is 24.7 Å². The molecule has 2 rings (SSSR count). The average Bonchev–Trinajstić information content (AvgIpc) is 2.93. The van der Waals surface area contributed by atoms with Crippen LogP contribution in [0.1, 0.15) is 30.6 Å². The van der Waals surface area contributed by atoms with Crippen LogP contribution in [0, 0.1) is 5.92 Å². The first kappa shape index (κ1) is 16.7. The van der Waals surface area contributed by atoms with E-state index in [2.05, 4.69) is 0 Å². The molecule has 1 saturated heterocycles. The summed E-state index contributed by atoms with van der Waals surface area (Å²) in [5.41, 5.74) is 0.234. The van der Waals surface area contributed by atoms with E-state index >= 15 is 0 Å². The van der Waals surface area contributed by atoms with E-state index in [-0.39, 0.29) is 17.5 Å². The molecule has 1 aliphatic rings. The second-order valence-electron chi connectivity index (χ2n) is 5.76. The Kier molecular flexibility index (Phi) is 5.71. The second-order valence-corrected chi connectivity index (χ2v) is 6.76. The first-order valence-electron chi connectivity index (χ1n) is 7.30. The molecule has 1 amide bonds. The number of rotatable bonds is 6. The Balaban J connectivity index is 1.89. The van der Waals surface area contributed by atoms with Crippen molar-refractivity contribution in [1.29, 1.82) is 0 Å². The van der Waals surface area contributed by atoms with E-state index in [1.807, 2.05) is 18.7 Å². The standard InChI is InChI=1S/C16H21NO4S/c1-11(2)7-15(18)17-10-22-9-13(17)8-21-14-5-3-12(4-6-14)16(19)20/h3-6,11,13H,7-10H2,1-2H3,(H,19,20). The van der Waals surface area contributed by atoms with Crippen molar-refractivity contribution in [2.24, 2.45) is 5.92 Å². The molecule has 1 fully saturated rings. The molecular weight excluding hydrogens is 302 g/mol. The van der Waals surface area contributed by atoms with Gasteiger partial charge in [0.05, 0.1) is 17.5 Å². The maximum absolute atomic E-state index is 12.2. The number of thioether (sulfide) groups is 1. The van der Waals surface area contributed by atoms with Gasteiger partial charge < -0.3 is 14.7 Å². The van der Waals surface area contributed by atoms with E-state index in [4.69, 9.17) is 9.84 Å². The molecule has 22 heavy (non-hydrogen) atoms. The number of carboxylic acid groups (broad SMARTS) is 1. The summed E-state index contributed by atoms with van der Waals surface area (Å²) >= 11 is 1.73. The molecule has 120 valence electrons. The number of nitrogens with zero attached hydrogens (tertiary/aromatic N) is 1. The first-order chi connectivity index (χ1) is 10.5. The summed E-state index contributed by atoms with van der Waals surface area (Å²) in [6.45, 7) is 4.51. The number of ether oxygens (including phenoxy) is 1. The van der Waals surface area contributed by atoms with E-state index in [0.717, 1.165) is 11.6 Å². The summed E-state index contributed by atoms with van der Waals surface area (Å²) in [6, 6.07) is 6.40. The number of carbonyl (C=O) groups is 2. The number of amides is 1. The minimum Gasteiger partial charge on any atom is -0.491 e. The zero-order chi connectivity index (χ0) is 16.1. The molecule has 1 N–H and O–H groups in total. The Hall–Kier alpha value is -1.69. The van der Waals surface area contributed by atoms with Crippen LogP contribution in [0.15, 0.2) is 24.3 Å². The predicted octanol–water partition coefficient (Wildman–Crippen LogP) is 2.71. The molecule has 0 saturated carbocycles. The van der Waals surface area contributed by atoms with Crippen LogP contribution in [0.5, 0.6) is 5.75 Å². The molecule has 1 atom stereocenters. The molecule has 5 nitrogen and oxygen atoms in total. The Morgan fingerprint density at radius 3 is 2.64 bits per heavy atom. The number of carbonyl (C=O) groups excluding carboxylic acids is 1. The largest absolute Gasteiger partial charge is 0.491 e. The highest BCUT2D eigenvalue weighted by atomic mass is 32.2. The monoisotopic (exact) mass is 323 g/mol. The maximum Gasteiger partial charge on any atom is 0.335 e. The predicted molar refractivity (Wildman–Crippen MR) is 86.3 cm³/mol. The molecule has 0 radical (unpaired) electrons. The molecule has 1 unspecified atom stereocenters. The molecule has 1 aromatic carbocycles. The van der Waals surface area contributed by atoms with Crippen LogP contribution in [0.3, 0.4) is 0 Å². The maximum atomic E-state index is 12.2. The van der Waals surface area contributed by atoms with Crippen LogP contribution in [-0.2, 0) is 4.79 Å². The lowest BCUT2D eigenvalue weighted by Gasteiger charge is -2.24. The summed E-state index contributed by atoms with van der Waals surface area (Å²) in [4.78, 5) is 24.9. The van der Waals surface area contributed by atoms with Gasteiger partial charge in [0.15, 0.2) is 0 Å². The van der Waals surface area contributed by atoms with Crippen LogP contribution in [0.2, 0.25) is 0 Å². The van der Waals surface area contributed by atoms with Crippen molar-refractivity contribution >= 4 is 23.6 Å². The van der Waals surface area contributed by atoms with Gasteiger partial charge >= 0.3 is 5.97 Å². The minimum atomic E-state index is -0.954. The van der Waals surface area contributed by atoms with Crippen molar-refractivity contribution in [2.75, 3.05) is 18.2 Å². The quantitative estimate of drug-likeness (QED) is 0.872. The number of aromatic carboxylic acids is 1. The van der Waals surface area contributed by atoms with Gasteiger partial charge in [0.2, 0.25) is 5.91 Å². The van der Waals surface area contributed by atoms with Crippen LogP contribution < -0.4 is 4.74 Å². The zero-order valence-corrected chi connectivity index (χ0v) is 13.6. The average molecular weight is 323 g/mol. The summed E-state index contributed by atoms with van der Waals surface area (Å²) in [5.74, 6) is 1.79. The lowest BCUT2D eigenvalue weighted by molar-refractivity contribution is -0.132. The fourth-order valence-corrected chi connectivity index (χ4v) is 3.45. The topological polar surface area (TPSA) is 66.8 Å². The van der Waals surface area contributed by atoms with Gasteiger partial charge in [-0.15, -0.1) is 11.8 Å². The summed E-state index contributed by atoms with van der Waals surface area (Å²) in [5, 5.41) is 8.86. The first-order valence-corrected chi connectivity index (χ1v) is 8.46. The van der Waals surface area contributed by atoms with E-state index in [1.54, 1.807) is 23.9 Å². The summed E-state index contributed by atoms with van der Waals surface area (Å²) in [6.07, 6.45) is 0.560. The highest BCUT2D eigenvalue weighted by Crippen LogP contribution is 2.24. The number of benzene rings is 1. The number of carboxylic acids is 1. The third-order valence-electron chi connectivity index (χ3n) is 3.43. The molecule has 1 aromatic rings. The van der Waals surface area contributed by atoms with E-state index in [1.165, 1.54) is 12.1 Å². The number of hydrogen-bond donors (Lipinski definition) is 1. The van der Waals surface area contributed by atoms with Gasteiger partial charge in [-0.25, -0.2) is 4.79 Å². The minimum absolute atomic E-state index is 0.0791. The highest BCUT2D eigenvalue weighted by Gasteiger charge is 2.29. The third kappa shape index (κ3) is 4.40. The van der Waals surface area contributed by atoms with Crippen LogP contribution in [0.25, 0.3) is 0 Å². The molecule has 6 heteroatoms. The van der Waals surface area contributed by atoms with Crippen molar-refractivity contribution in [2.45, 2.75) is 26.3 Å². The second kappa shape index (κ2) is 7.54. The van der Waals surface area contributed by atoms with Crippen LogP contribution in [0.4, 0.5) is 0 Å². The van der Waals surface area contributed by atoms with Gasteiger partial charge in [0.1, 0.15) is 12.4 Å². The molecule has 1 heterocycles. The molecule has 0 bridgehead atoms. The third-order valence-corrected chi connectivity index (χ3v) is 4.51. The number of hydrogen-bond acceptors (Lipinski definition) is 4. The van der Waals surface area contributed by atoms with Crippen LogP contribution in [-0.4, -0.2) is 46.2 Å². The van der Waals surface area contributed by atoms with Gasteiger partial charge in [-0.1, -0.05) is 13.8 Å². The van der Waals surface area contributed by atoms with Crippen molar-refractivity contribution in [3.63, 3.8) is 0 Å². The molecule has 0 aromatic heterocycles. The Morgan fingerprint density at radius 2 is 2.05 bits per heavy atom. The Bertz CT molecular complexity index is 529. The molecular formula is C16H21NO4S. The van der Waals surface area contributed by atoms with Crippen molar-refractivity contribution < 1.29 is 19.4 Å². The summed E-state index contributed by atoms with van der Waals surface area (Å²) < 4.78 is 5.71. The Labute approximate surface area is 134 Å². The van der Waals surface area contributed by atoms with Gasteiger partial charge in [0, 0.05) is 12.2 Å². The van der Waals surface area contributed by atoms with Crippen LogP contribution >= 0.6 is 11.8 Å². The zero-order valence-electron chi connectivity index (χ0n) is 12.8. The summed E-state index contributed by atoms with van der Waals surface area (Å²) in [7, 11) is 0. The normalized spacial score (nSPS) is 17.8. The fraction of sp³-hybridized carbons (Fsp3) is 0.500. The Morgan fingerprint density at radius 1 is 1.36 bits per heavy atom. The molecule has 1 aliphatic heterocycles. The smallest absolute Gasteiger partial charge is 0.335 e. The fourth-order valence-electron chi connectivity index (χ4n) is 2.25. The van der Waals surface area contributed by atoms with E-state index < -0.39 is 5.97 Å². The molecule has 0 spiro atoms. The van der Waals surface area contributed by atoms with Crippen molar-refractivity contribution in [1.82, 2.24) is 4.90 Å². The molecule has 0 aliphatic carbocycles. The van der Waals surface area contributed by atoms with Crippen molar-refractivity contribution in [3.8, 4) is 5.75 Å². The SMILES string of the molecule is CC(C)CC(=O)N1CSCC1COc1ccc(C(=O)O)cc1. The van der Waals surface area contributed by atoms with Gasteiger partial charge in [-0.3, -0.25) is 4.79 Å². The highest BCUT2D eigenvalue weighted by molar-refractivity contribution is 7.99. The van der Waals surface area contributed by atoms with Gasteiger partial charge in [-0.05, 0) is 30.2 Å². The lowest BCUT2D eigenvalue weighted by Crippen LogP contribution is -2.40.